The van der Waals surface area contributed by atoms with E-state index in [1.807, 2.05) is 0 Å². The smallest absolute Gasteiger partial charge is 0.235 e. The van der Waals surface area contributed by atoms with E-state index in [1.54, 1.807) is 18.7 Å². The highest BCUT2D eigenvalue weighted by Gasteiger charge is 2.68. The molecule has 1 aliphatic carbocycles. The van der Waals surface area contributed by atoms with Crippen molar-refractivity contribution < 1.29 is 4.79 Å². The summed E-state index contributed by atoms with van der Waals surface area (Å²) in [5, 5.41) is 6.42. The van der Waals surface area contributed by atoms with Crippen molar-refractivity contribution in [2.45, 2.75) is 17.7 Å². The average molecular weight is 312 g/mol. The molecule has 1 unspecified atom stereocenters. The number of hydrogen-bond acceptors (Lipinski definition) is 4. The summed E-state index contributed by atoms with van der Waals surface area (Å²) < 4.78 is -0.980. The Labute approximate surface area is 119 Å². The van der Waals surface area contributed by atoms with Gasteiger partial charge in [-0.15, -0.1) is 23.2 Å². The molecule has 0 aromatic rings. The van der Waals surface area contributed by atoms with Crippen molar-refractivity contribution in [1.29, 1.82) is 0 Å². The number of aliphatic imine (C=N–C) groups is 1. The van der Waals surface area contributed by atoms with Crippen LogP contribution in [0, 0.1) is 5.41 Å². The van der Waals surface area contributed by atoms with Crippen LogP contribution in [0.4, 0.5) is 0 Å². The predicted octanol–water partition coefficient (Wildman–Crippen LogP) is 1.66. The zero-order valence-corrected chi connectivity index (χ0v) is 12.2. The number of carbonyl (C=O) groups excluding carboxylic acids is 1. The van der Waals surface area contributed by atoms with Gasteiger partial charge in [-0.1, -0.05) is 11.8 Å². The molecule has 1 atom stereocenters. The second-order valence-electron chi connectivity index (χ2n) is 4.16. The number of nitrogens with one attached hydrogen (secondary N) is 2. The number of amides is 1. The van der Waals surface area contributed by atoms with Crippen LogP contribution in [0.3, 0.4) is 0 Å². The molecule has 8 heteroatoms. The Morgan fingerprint density at radius 2 is 2.24 bits per heavy atom. The molecule has 4 nitrogen and oxygen atoms in total. The molecule has 1 saturated carbocycles. The molecule has 17 heavy (non-hydrogen) atoms. The van der Waals surface area contributed by atoms with Crippen molar-refractivity contribution in [1.82, 2.24) is 10.6 Å². The van der Waals surface area contributed by atoms with Crippen LogP contribution in [0.5, 0.6) is 0 Å². The van der Waals surface area contributed by atoms with Crippen LogP contribution in [0.15, 0.2) is 4.99 Å². The van der Waals surface area contributed by atoms with Crippen LogP contribution >= 0.6 is 47.2 Å². The van der Waals surface area contributed by atoms with Gasteiger partial charge in [-0.3, -0.25) is 9.79 Å². The first-order valence-corrected chi connectivity index (χ1v) is 7.18. The first kappa shape index (κ1) is 13.4. The number of nitrogens with zero attached hydrogens (tertiary/aromatic N) is 1. The lowest BCUT2D eigenvalue weighted by molar-refractivity contribution is -0.124. The van der Waals surface area contributed by atoms with Crippen LogP contribution < -0.4 is 10.6 Å². The van der Waals surface area contributed by atoms with Gasteiger partial charge in [-0.25, -0.2) is 0 Å². The molecule has 0 bridgehead atoms. The molecule has 1 fully saturated rings. The lowest BCUT2D eigenvalue weighted by Gasteiger charge is -2.13. The Kier molecular flexibility index (Phi) is 3.60. The second-order valence-corrected chi connectivity index (χ2v) is 7.13. The number of hydrogen-bond donors (Lipinski definition) is 2. The molecule has 0 aromatic carbocycles. The number of thiocarbonyl (C=S) groups is 1. The van der Waals surface area contributed by atoms with E-state index >= 15 is 0 Å². The van der Waals surface area contributed by atoms with Crippen molar-refractivity contribution >= 4 is 63.4 Å². The number of alkyl halides is 2. The van der Waals surface area contributed by atoms with Crippen LogP contribution in [0.2, 0.25) is 0 Å². The number of carbonyl (C=O) groups is 1. The molecule has 2 N–H and O–H groups in total. The minimum absolute atomic E-state index is 0.236. The summed E-state index contributed by atoms with van der Waals surface area (Å²) in [5.74, 6) is 0.673. The lowest BCUT2D eigenvalue weighted by Crippen LogP contribution is -2.44. The highest BCUT2D eigenvalue weighted by atomic mass is 35.5. The predicted molar refractivity (Wildman–Crippen MR) is 75.8 cm³/mol. The van der Waals surface area contributed by atoms with Crippen LogP contribution in [-0.4, -0.2) is 32.8 Å². The van der Waals surface area contributed by atoms with Gasteiger partial charge in [0.25, 0.3) is 0 Å². The topological polar surface area (TPSA) is 53.5 Å². The molecule has 0 spiro atoms. The first-order valence-electron chi connectivity index (χ1n) is 5.03. The number of rotatable bonds is 1. The summed E-state index contributed by atoms with van der Waals surface area (Å²) in [6.07, 6.45) is 0.438. The molecule has 1 amide bonds. The fourth-order valence-electron chi connectivity index (χ4n) is 1.43. The highest BCUT2D eigenvalue weighted by molar-refractivity contribution is 8.14. The highest BCUT2D eigenvalue weighted by Crippen LogP contribution is 2.63. The molecular formula is C9H11Cl2N3OS2. The van der Waals surface area contributed by atoms with Gasteiger partial charge in [-0.05, 0) is 25.6 Å². The van der Waals surface area contributed by atoms with E-state index in [0.717, 1.165) is 17.5 Å². The van der Waals surface area contributed by atoms with Gasteiger partial charge in [0.2, 0.25) is 5.91 Å². The first-order chi connectivity index (χ1) is 7.85. The molecule has 2 aliphatic rings. The minimum atomic E-state index is -0.980. The summed E-state index contributed by atoms with van der Waals surface area (Å²) in [7, 11) is 0. The monoisotopic (exact) mass is 311 g/mol. The Balaban J connectivity index is 1.85. The fraction of sp³-hybridized carbons (Fsp3) is 0.667. The largest absolute Gasteiger partial charge is 0.312 e. The Morgan fingerprint density at radius 1 is 1.59 bits per heavy atom. The van der Waals surface area contributed by atoms with E-state index in [4.69, 9.17) is 35.4 Å². The van der Waals surface area contributed by atoms with E-state index in [2.05, 4.69) is 15.6 Å². The van der Waals surface area contributed by atoms with Gasteiger partial charge in [0.05, 0.1) is 12.0 Å². The molecule has 0 radical (unpaired) electrons. The molecule has 1 aliphatic heterocycles. The summed E-state index contributed by atoms with van der Waals surface area (Å²) in [4.78, 5) is 16.0. The second kappa shape index (κ2) is 4.57. The zero-order valence-electron chi connectivity index (χ0n) is 9.05. The number of thioether (sulfide) groups is 1. The molecule has 0 saturated heterocycles. The minimum Gasteiger partial charge on any atom is -0.312 e. The SMILES string of the molecule is CC1(C(=O)NC(=S)NC2=NCCS2)CC1(Cl)Cl. The van der Waals surface area contributed by atoms with E-state index in [-0.39, 0.29) is 11.0 Å². The van der Waals surface area contributed by atoms with Gasteiger partial charge in [-0.2, -0.15) is 0 Å². The summed E-state index contributed by atoms with van der Waals surface area (Å²) in [6, 6.07) is 0. The summed E-state index contributed by atoms with van der Waals surface area (Å²) in [5.41, 5.74) is -0.757. The maximum atomic E-state index is 11.9. The summed E-state index contributed by atoms with van der Waals surface area (Å²) in [6.45, 7) is 2.49. The van der Waals surface area contributed by atoms with Gasteiger partial charge >= 0.3 is 0 Å². The molecule has 0 aromatic heterocycles. The normalized spacial score (nSPS) is 29.5. The van der Waals surface area contributed by atoms with Gasteiger partial charge in [0.1, 0.15) is 4.33 Å². The fourth-order valence-corrected chi connectivity index (χ4v) is 3.12. The van der Waals surface area contributed by atoms with Crippen molar-refractivity contribution in [2.24, 2.45) is 10.4 Å². The van der Waals surface area contributed by atoms with Crippen molar-refractivity contribution in [3.8, 4) is 0 Å². The van der Waals surface area contributed by atoms with E-state index in [1.165, 1.54) is 0 Å². The Morgan fingerprint density at radius 3 is 2.71 bits per heavy atom. The number of amidine groups is 1. The summed E-state index contributed by atoms with van der Waals surface area (Å²) >= 11 is 18.4. The Bertz CT molecular complexity index is 413. The van der Waals surface area contributed by atoms with Crippen molar-refractivity contribution in [2.75, 3.05) is 12.3 Å². The molecule has 2 rings (SSSR count). The maximum Gasteiger partial charge on any atom is 0.235 e. The van der Waals surface area contributed by atoms with E-state index < -0.39 is 9.75 Å². The van der Waals surface area contributed by atoms with Crippen LogP contribution in [0.1, 0.15) is 13.3 Å². The van der Waals surface area contributed by atoms with E-state index in [0.29, 0.717) is 6.42 Å². The quantitative estimate of drug-likeness (QED) is 0.571. The van der Waals surface area contributed by atoms with Gasteiger partial charge < -0.3 is 10.6 Å². The third kappa shape index (κ3) is 2.70. The molecule has 94 valence electrons. The lowest BCUT2D eigenvalue weighted by atomic mass is 10.1. The third-order valence-electron chi connectivity index (χ3n) is 2.79. The van der Waals surface area contributed by atoms with Crippen molar-refractivity contribution in [3.05, 3.63) is 0 Å². The van der Waals surface area contributed by atoms with E-state index in [9.17, 15) is 4.79 Å². The number of halogens is 2. The zero-order chi connectivity index (χ0) is 12.7. The maximum absolute atomic E-state index is 11.9. The third-order valence-corrected chi connectivity index (χ3v) is 4.99. The molecular weight excluding hydrogens is 301 g/mol. The molecule has 1 heterocycles. The van der Waals surface area contributed by atoms with Gasteiger partial charge in [0.15, 0.2) is 10.3 Å². The average Bonchev–Trinajstić information content (AvgIpc) is 2.64. The van der Waals surface area contributed by atoms with Crippen molar-refractivity contribution in [3.63, 3.8) is 0 Å². The van der Waals surface area contributed by atoms with Crippen LogP contribution in [-0.2, 0) is 4.79 Å². The Hall–Kier alpha value is -0.0400. The standard InChI is InChI=1S/C9H11Cl2N3OS2/c1-8(4-9(8,10)11)5(15)13-6(16)14-7-12-2-3-17-7/h2-4H2,1H3,(H2,12,13,14,15,16). The van der Waals surface area contributed by atoms with Crippen LogP contribution in [0.25, 0.3) is 0 Å². The van der Waals surface area contributed by atoms with Gasteiger partial charge in [0, 0.05) is 5.75 Å².